The van der Waals surface area contributed by atoms with Crippen molar-refractivity contribution in [2.75, 3.05) is 4.90 Å². The third-order valence-corrected chi connectivity index (χ3v) is 13.1. The highest BCUT2D eigenvalue weighted by atomic mass is 16.1. The molecule has 4 heterocycles. The van der Waals surface area contributed by atoms with Crippen molar-refractivity contribution in [3.63, 3.8) is 0 Å². The first kappa shape index (κ1) is 34.1. The van der Waals surface area contributed by atoms with Gasteiger partial charge in [-0.25, -0.2) is 0 Å². The molecule has 11 rings (SSSR count). The maximum Gasteiger partial charge on any atom is 0.248 e. The smallest absolute Gasteiger partial charge is 0.248 e. The summed E-state index contributed by atoms with van der Waals surface area (Å²) >= 11 is 0. The van der Waals surface area contributed by atoms with Gasteiger partial charge >= 0.3 is 0 Å². The Labute approximate surface area is 335 Å². The topological polar surface area (TPSA) is 37.4 Å². The van der Waals surface area contributed by atoms with Gasteiger partial charge in [-0.1, -0.05) is 168 Å². The maximum atomic E-state index is 11.7. The highest BCUT2D eigenvalue weighted by Gasteiger charge is 2.50. The van der Waals surface area contributed by atoms with E-state index in [1.807, 2.05) is 24.3 Å². The standard InChI is InChI=1S/C52H41B2NO2/c1-51(2,3)35-18-21-41-39(26-35)38-8-7-9-45-48(38)53(41)43-24-34(32-14-10-30(28-56)11-15-32)25-44-50(43)55(45)46-23-20-37(33-16-12-31(29-57)13-17-33)47-40-27-36(52(4,5)6)19-22-42(40)54(44)49(46)47/h7-29H,1-6H3. The summed E-state index contributed by atoms with van der Waals surface area (Å²) in [6.45, 7) is 13.9. The Kier molecular flexibility index (Phi) is 6.98. The number of benzene rings is 7. The quantitative estimate of drug-likeness (QED) is 0.135. The number of rotatable bonds is 4. The Balaban J connectivity index is 1.26. The maximum absolute atomic E-state index is 11.7. The van der Waals surface area contributed by atoms with Gasteiger partial charge in [-0.15, -0.1) is 0 Å². The Morgan fingerprint density at radius 2 is 1.00 bits per heavy atom. The molecule has 0 N–H and O–H groups in total. The fourth-order valence-corrected chi connectivity index (χ4v) is 10.3. The predicted molar refractivity (Wildman–Crippen MR) is 240 cm³/mol. The summed E-state index contributed by atoms with van der Waals surface area (Å²) in [5.41, 5.74) is 25.5. The number of hydrogen-bond donors (Lipinski definition) is 0. The summed E-state index contributed by atoms with van der Waals surface area (Å²) in [4.78, 5) is 26.0. The molecular formula is C52H41B2NO2. The molecular weight excluding hydrogens is 692 g/mol. The van der Waals surface area contributed by atoms with Crippen molar-refractivity contribution in [1.82, 2.24) is 0 Å². The SMILES string of the molecule is CC(C)(C)c1ccc2c(c1)-c1cccc3c1B2c1cc(-c2ccc(C=O)cc2)cc2c1N3c1ccc(-c3ccc(C=O)cc3)c3c1B2c1ccc(C(C)(C)C)cc1-3. The van der Waals surface area contributed by atoms with Crippen LogP contribution in [0.15, 0.2) is 127 Å². The Morgan fingerprint density at radius 1 is 0.456 bits per heavy atom. The second kappa shape index (κ2) is 11.7. The van der Waals surface area contributed by atoms with E-state index in [1.54, 1.807) is 0 Å². The first-order valence-corrected chi connectivity index (χ1v) is 20.1. The van der Waals surface area contributed by atoms with Gasteiger partial charge in [0, 0.05) is 28.2 Å². The fraction of sp³-hybridized carbons (Fsp3) is 0.154. The molecule has 4 aliphatic heterocycles. The van der Waals surface area contributed by atoms with Crippen LogP contribution in [0.2, 0.25) is 0 Å². The summed E-state index contributed by atoms with van der Waals surface area (Å²) in [5.74, 6) is 0. The third kappa shape index (κ3) is 4.75. The number of fused-ring (bicyclic) bond motifs is 10. The molecule has 0 aliphatic carbocycles. The van der Waals surface area contributed by atoms with Crippen molar-refractivity contribution in [3.05, 3.63) is 150 Å². The van der Waals surface area contributed by atoms with Gasteiger partial charge < -0.3 is 4.90 Å². The first-order valence-electron chi connectivity index (χ1n) is 20.1. The molecule has 272 valence electrons. The van der Waals surface area contributed by atoms with E-state index >= 15 is 0 Å². The summed E-state index contributed by atoms with van der Waals surface area (Å²) in [7, 11) is 0. The van der Waals surface area contributed by atoms with Gasteiger partial charge in [0.25, 0.3) is 0 Å². The minimum Gasteiger partial charge on any atom is -0.312 e. The van der Waals surface area contributed by atoms with Crippen LogP contribution in [0.5, 0.6) is 0 Å². The van der Waals surface area contributed by atoms with Crippen LogP contribution in [0.1, 0.15) is 73.4 Å². The highest BCUT2D eigenvalue weighted by molar-refractivity contribution is 7.05. The van der Waals surface area contributed by atoms with Crippen molar-refractivity contribution in [3.8, 4) is 44.5 Å². The molecule has 0 saturated carbocycles. The van der Waals surface area contributed by atoms with Crippen molar-refractivity contribution < 1.29 is 9.59 Å². The zero-order valence-corrected chi connectivity index (χ0v) is 33.2. The second-order valence-corrected chi connectivity index (χ2v) is 18.4. The van der Waals surface area contributed by atoms with Crippen LogP contribution in [-0.2, 0) is 10.8 Å². The number of carbonyl (C=O) groups excluding carboxylic acids is 2. The fourth-order valence-electron chi connectivity index (χ4n) is 10.3. The van der Waals surface area contributed by atoms with Crippen molar-refractivity contribution in [2.24, 2.45) is 0 Å². The lowest BCUT2D eigenvalue weighted by atomic mass is 9.32. The molecule has 0 spiro atoms. The van der Waals surface area contributed by atoms with Crippen LogP contribution in [0, 0.1) is 0 Å². The van der Waals surface area contributed by atoms with Gasteiger partial charge in [-0.3, -0.25) is 9.59 Å². The number of hydrogen-bond acceptors (Lipinski definition) is 3. The van der Waals surface area contributed by atoms with Gasteiger partial charge in [0.05, 0.1) is 0 Å². The minimum atomic E-state index is -0.0302. The lowest BCUT2D eigenvalue weighted by Crippen LogP contribution is -2.63. The summed E-state index contributed by atoms with van der Waals surface area (Å²) in [6.07, 6.45) is 1.83. The zero-order valence-electron chi connectivity index (χ0n) is 33.2. The Hall–Kier alpha value is -6.19. The van der Waals surface area contributed by atoms with Crippen LogP contribution in [-0.4, -0.2) is 26.0 Å². The van der Waals surface area contributed by atoms with Crippen LogP contribution < -0.4 is 37.7 Å². The zero-order chi connectivity index (χ0) is 39.1. The summed E-state index contributed by atoms with van der Waals surface area (Å²) in [5, 5.41) is 0. The van der Waals surface area contributed by atoms with Gasteiger partial charge in [-0.05, 0) is 100 Å². The van der Waals surface area contributed by atoms with Crippen LogP contribution in [0.3, 0.4) is 0 Å². The number of aldehydes is 2. The molecule has 4 aliphatic rings. The Morgan fingerprint density at radius 3 is 1.60 bits per heavy atom. The van der Waals surface area contributed by atoms with E-state index in [1.165, 1.54) is 88.8 Å². The third-order valence-electron chi connectivity index (χ3n) is 13.1. The van der Waals surface area contributed by atoms with E-state index in [9.17, 15) is 9.59 Å². The van der Waals surface area contributed by atoms with Crippen LogP contribution >= 0.6 is 0 Å². The molecule has 3 nitrogen and oxygen atoms in total. The van der Waals surface area contributed by atoms with E-state index in [0.717, 1.165) is 29.3 Å². The van der Waals surface area contributed by atoms with Crippen LogP contribution in [0.25, 0.3) is 44.5 Å². The lowest BCUT2D eigenvalue weighted by Gasteiger charge is -2.43. The normalized spacial score (nSPS) is 13.8. The molecule has 0 atom stereocenters. The monoisotopic (exact) mass is 733 g/mol. The van der Waals surface area contributed by atoms with Gasteiger partial charge in [-0.2, -0.15) is 0 Å². The Bertz CT molecular complexity index is 2910. The average molecular weight is 734 g/mol. The van der Waals surface area contributed by atoms with E-state index in [2.05, 4.69) is 150 Å². The lowest BCUT2D eigenvalue weighted by molar-refractivity contribution is 0.111. The first-order chi connectivity index (χ1) is 27.4. The molecule has 57 heavy (non-hydrogen) atoms. The molecule has 0 bridgehead atoms. The van der Waals surface area contributed by atoms with E-state index in [0.29, 0.717) is 11.1 Å². The number of nitrogens with zero attached hydrogens (tertiary/aromatic N) is 1. The molecule has 0 radical (unpaired) electrons. The van der Waals surface area contributed by atoms with E-state index in [-0.39, 0.29) is 24.3 Å². The van der Waals surface area contributed by atoms with E-state index in [4.69, 9.17) is 0 Å². The number of anilines is 3. The van der Waals surface area contributed by atoms with Crippen LogP contribution in [0.4, 0.5) is 17.1 Å². The van der Waals surface area contributed by atoms with Gasteiger partial charge in [0.1, 0.15) is 12.6 Å². The minimum absolute atomic E-state index is 0.0151. The van der Waals surface area contributed by atoms with Crippen molar-refractivity contribution in [1.29, 1.82) is 0 Å². The average Bonchev–Trinajstić information content (AvgIpc) is 3.74. The molecule has 7 aromatic carbocycles. The molecule has 5 heteroatoms. The van der Waals surface area contributed by atoms with Crippen molar-refractivity contribution in [2.45, 2.75) is 52.4 Å². The molecule has 0 amide bonds. The van der Waals surface area contributed by atoms with Gasteiger partial charge in [0.2, 0.25) is 13.4 Å². The molecule has 0 aromatic heterocycles. The molecule has 0 fully saturated rings. The largest absolute Gasteiger partial charge is 0.312 e. The second-order valence-electron chi connectivity index (χ2n) is 18.4. The molecule has 7 aromatic rings. The number of carbonyl (C=O) groups is 2. The summed E-state index contributed by atoms with van der Waals surface area (Å²) < 4.78 is 0. The van der Waals surface area contributed by atoms with Gasteiger partial charge in [0.15, 0.2) is 0 Å². The summed E-state index contributed by atoms with van der Waals surface area (Å²) in [6, 6.07) is 46.9. The molecule has 0 saturated heterocycles. The highest BCUT2D eigenvalue weighted by Crippen LogP contribution is 2.47. The van der Waals surface area contributed by atoms with E-state index < -0.39 is 0 Å². The molecule has 0 unspecified atom stereocenters. The predicted octanol–water partition coefficient (Wildman–Crippen LogP) is 8.33. The van der Waals surface area contributed by atoms with Crippen molar-refractivity contribution >= 4 is 75.8 Å².